The fourth-order valence-electron chi connectivity index (χ4n) is 2.09. The van der Waals surface area contributed by atoms with Crippen LogP contribution >= 0.6 is 30.3 Å². The number of hydrogen-bond donors (Lipinski definition) is 0. The quantitative estimate of drug-likeness (QED) is 0.441. The van der Waals surface area contributed by atoms with Crippen LogP contribution in [0.3, 0.4) is 0 Å². The number of halogens is 1. The molecule has 1 saturated heterocycles. The Bertz CT molecular complexity index is 482. The van der Waals surface area contributed by atoms with Crippen molar-refractivity contribution in [1.29, 1.82) is 0 Å². The predicted molar refractivity (Wildman–Crippen MR) is 84.4 cm³/mol. The first-order valence-electron chi connectivity index (χ1n) is 6.19. The van der Waals surface area contributed by atoms with E-state index < -0.39 is 13.3 Å². The highest BCUT2D eigenvalue weighted by Gasteiger charge is 2.52. The van der Waals surface area contributed by atoms with Crippen molar-refractivity contribution in [2.45, 2.75) is 29.9 Å². The van der Waals surface area contributed by atoms with E-state index in [-0.39, 0.29) is 3.92 Å². The molecule has 1 aliphatic heterocycles. The molecule has 1 aromatic rings. The van der Waals surface area contributed by atoms with E-state index in [9.17, 15) is 4.57 Å². The average molecular weight is 395 g/mol. The summed E-state index contributed by atoms with van der Waals surface area (Å²) in [5.41, 5.74) is 0.662. The molecule has 0 N–H and O–H groups in total. The molecule has 1 aromatic carbocycles. The van der Waals surface area contributed by atoms with Crippen LogP contribution in [0.25, 0.3) is 0 Å². The molecule has 3 atom stereocenters. The van der Waals surface area contributed by atoms with E-state index in [1.807, 2.05) is 41.9 Å². The molecule has 0 saturated carbocycles. The van der Waals surface area contributed by atoms with Gasteiger partial charge in [-0.05, 0) is 12.5 Å². The van der Waals surface area contributed by atoms with Gasteiger partial charge < -0.3 is 0 Å². The summed E-state index contributed by atoms with van der Waals surface area (Å²) in [6, 6.07) is 9.96. The number of hydrogen-bond acceptors (Lipinski definition) is 3. The van der Waals surface area contributed by atoms with Crippen molar-refractivity contribution in [3.8, 4) is 0 Å². The first-order chi connectivity index (χ1) is 8.89. The maximum absolute atomic E-state index is 12.7. The van der Waals surface area contributed by atoms with Gasteiger partial charge >= 0.3 is 7.75 Å². The van der Waals surface area contributed by atoms with Crippen LogP contribution in [0.2, 0.25) is 0 Å². The van der Waals surface area contributed by atoms with Gasteiger partial charge in [0.1, 0.15) is 5.60 Å². The summed E-state index contributed by atoms with van der Waals surface area (Å²) in [5, 5.41) is 0. The van der Waals surface area contributed by atoms with Crippen LogP contribution in [0, 0.1) is 0 Å². The van der Waals surface area contributed by atoms with Crippen LogP contribution in [0.4, 0.5) is 0 Å². The Balaban J connectivity index is 2.22. The molecule has 106 valence electrons. The Hall–Kier alpha value is 0.0600. The SMILES string of the molecule is CO[P@@]1(=O)O[C@](C)([C@@H](C)I)CN1Cc1ccccc1. The second kappa shape index (κ2) is 5.82. The zero-order chi connectivity index (χ0) is 14.1. The third-order valence-corrected chi connectivity index (χ3v) is 6.85. The van der Waals surface area contributed by atoms with Crippen LogP contribution in [-0.4, -0.2) is 27.9 Å². The zero-order valence-electron chi connectivity index (χ0n) is 11.4. The van der Waals surface area contributed by atoms with Gasteiger partial charge in [0.05, 0.1) is 0 Å². The van der Waals surface area contributed by atoms with Gasteiger partial charge in [0, 0.05) is 24.1 Å². The molecule has 1 heterocycles. The van der Waals surface area contributed by atoms with Crippen LogP contribution in [0.5, 0.6) is 0 Å². The van der Waals surface area contributed by atoms with E-state index in [1.165, 1.54) is 7.11 Å². The van der Waals surface area contributed by atoms with Crippen molar-refractivity contribution < 1.29 is 13.6 Å². The standard InChI is InChI=1S/C13H19INO3P/c1-11(14)13(2)10-15(19(16,17-3)18-13)9-12-7-5-4-6-8-12/h4-8,11H,9-10H2,1-3H3/t11-,13+,19-/m1/s1. The fraction of sp³-hybridized carbons (Fsp3) is 0.538. The maximum Gasteiger partial charge on any atom is 0.408 e. The average Bonchev–Trinajstić information content (AvgIpc) is 2.64. The number of rotatable bonds is 4. The highest BCUT2D eigenvalue weighted by molar-refractivity contribution is 14.1. The van der Waals surface area contributed by atoms with Crippen molar-refractivity contribution in [3.63, 3.8) is 0 Å². The van der Waals surface area contributed by atoms with Crippen molar-refractivity contribution in [2.75, 3.05) is 13.7 Å². The highest BCUT2D eigenvalue weighted by atomic mass is 127. The van der Waals surface area contributed by atoms with Gasteiger partial charge in [-0.2, -0.15) is 0 Å². The minimum Gasteiger partial charge on any atom is -0.300 e. The molecule has 4 nitrogen and oxygen atoms in total. The van der Waals surface area contributed by atoms with Gasteiger partial charge in [0.15, 0.2) is 0 Å². The van der Waals surface area contributed by atoms with E-state index in [0.29, 0.717) is 13.1 Å². The van der Waals surface area contributed by atoms with E-state index >= 15 is 0 Å². The molecule has 1 fully saturated rings. The molecule has 0 radical (unpaired) electrons. The molecule has 0 bridgehead atoms. The van der Waals surface area contributed by atoms with Crippen LogP contribution in [-0.2, 0) is 20.2 Å². The molecule has 0 unspecified atom stereocenters. The van der Waals surface area contributed by atoms with Gasteiger partial charge in [-0.3, -0.25) is 9.05 Å². The van der Waals surface area contributed by atoms with Gasteiger partial charge in [-0.15, -0.1) is 0 Å². The molecule has 0 amide bonds. The molecule has 0 spiro atoms. The first kappa shape index (κ1) is 15.4. The lowest BCUT2D eigenvalue weighted by atomic mass is 10.0. The summed E-state index contributed by atoms with van der Waals surface area (Å²) in [7, 11) is -1.73. The zero-order valence-corrected chi connectivity index (χ0v) is 14.4. The third kappa shape index (κ3) is 3.22. The highest BCUT2D eigenvalue weighted by Crippen LogP contribution is 2.61. The normalized spacial score (nSPS) is 33.5. The van der Waals surface area contributed by atoms with Crippen LogP contribution in [0.15, 0.2) is 30.3 Å². The summed E-state index contributed by atoms with van der Waals surface area (Å²) in [5.74, 6) is 0. The van der Waals surface area contributed by atoms with Crippen molar-refractivity contribution in [1.82, 2.24) is 4.67 Å². The second-order valence-corrected chi connectivity index (χ2v) is 8.90. The van der Waals surface area contributed by atoms with E-state index in [2.05, 4.69) is 29.5 Å². The minimum absolute atomic E-state index is 0.245. The molecule has 19 heavy (non-hydrogen) atoms. The maximum atomic E-state index is 12.7. The Labute approximate surface area is 128 Å². The van der Waals surface area contributed by atoms with Crippen LogP contribution < -0.4 is 0 Å². The van der Waals surface area contributed by atoms with E-state index in [4.69, 9.17) is 9.05 Å². The molecule has 0 aliphatic carbocycles. The van der Waals surface area contributed by atoms with Crippen molar-refractivity contribution >= 4 is 30.3 Å². The second-order valence-electron chi connectivity index (χ2n) is 4.98. The lowest BCUT2D eigenvalue weighted by molar-refractivity contribution is 0.111. The summed E-state index contributed by atoms with van der Waals surface area (Å²) in [6.07, 6.45) is 0. The Morgan fingerprint density at radius 3 is 2.68 bits per heavy atom. The van der Waals surface area contributed by atoms with Crippen molar-refractivity contribution in [2.24, 2.45) is 0 Å². The Morgan fingerprint density at radius 2 is 2.16 bits per heavy atom. The smallest absolute Gasteiger partial charge is 0.300 e. The van der Waals surface area contributed by atoms with E-state index in [0.717, 1.165) is 5.56 Å². The summed E-state index contributed by atoms with van der Waals surface area (Å²) in [6.45, 7) is 5.23. The fourth-order valence-corrected chi connectivity index (χ4v) is 4.57. The number of benzene rings is 1. The van der Waals surface area contributed by atoms with Gasteiger partial charge in [-0.25, -0.2) is 9.24 Å². The summed E-state index contributed by atoms with van der Waals surface area (Å²) in [4.78, 5) is 0. The molecule has 2 rings (SSSR count). The number of alkyl halides is 1. The van der Waals surface area contributed by atoms with Gasteiger partial charge in [-0.1, -0.05) is 59.8 Å². The lowest BCUT2D eigenvalue weighted by Gasteiger charge is -2.24. The Kier molecular flexibility index (Phi) is 4.73. The molecule has 1 aliphatic rings. The number of nitrogens with zero attached hydrogens (tertiary/aromatic N) is 1. The van der Waals surface area contributed by atoms with Gasteiger partial charge in [0.25, 0.3) is 0 Å². The predicted octanol–water partition coefficient (Wildman–Crippen LogP) is 3.86. The Morgan fingerprint density at radius 1 is 1.53 bits per heavy atom. The molecule has 6 heteroatoms. The molecular formula is C13H19INO3P. The third-order valence-electron chi connectivity index (χ3n) is 3.45. The summed E-state index contributed by atoms with van der Waals surface area (Å²) >= 11 is 2.31. The topological polar surface area (TPSA) is 38.8 Å². The summed E-state index contributed by atoms with van der Waals surface area (Å²) < 4.78 is 25.7. The molecule has 0 aromatic heterocycles. The van der Waals surface area contributed by atoms with Crippen molar-refractivity contribution in [3.05, 3.63) is 35.9 Å². The lowest BCUT2D eigenvalue weighted by Crippen LogP contribution is -2.38. The minimum atomic E-state index is -3.17. The largest absolute Gasteiger partial charge is 0.408 e. The first-order valence-corrected chi connectivity index (χ1v) is 8.94. The van der Waals surface area contributed by atoms with Gasteiger partial charge in [0.2, 0.25) is 0 Å². The van der Waals surface area contributed by atoms with Crippen LogP contribution in [0.1, 0.15) is 19.4 Å². The van der Waals surface area contributed by atoms with E-state index in [1.54, 1.807) is 0 Å². The molecular weight excluding hydrogens is 376 g/mol. The monoisotopic (exact) mass is 395 g/mol.